The van der Waals surface area contributed by atoms with E-state index in [1.807, 2.05) is 37.3 Å². The van der Waals surface area contributed by atoms with E-state index < -0.39 is 0 Å². The molecule has 0 aliphatic carbocycles. The molecule has 0 atom stereocenters. The topological polar surface area (TPSA) is 80.5 Å². The Morgan fingerprint density at radius 2 is 2.10 bits per heavy atom. The number of fused-ring (bicyclic) bond motifs is 1. The van der Waals surface area contributed by atoms with Crippen molar-refractivity contribution in [2.24, 2.45) is 5.73 Å². The fourth-order valence-corrected chi connectivity index (χ4v) is 3.14. The molecule has 3 rings (SSSR count). The maximum atomic E-state index is 12.6. The van der Waals surface area contributed by atoms with Gasteiger partial charge in [-0.3, -0.25) is 4.98 Å². The van der Waals surface area contributed by atoms with Crippen molar-refractivity contribution < 1.29 is 9.53 Å². The van der Waals surface area contributed by atoms with Crippen LogP contribution in [0.3, 0.4) is 0 Å². The number of nitrogens with two attached hydrogens (primary N) is 1. The van der Waals surface area contributed by atoms with Crippen LogP contribution in [-0.2, 0) is 24.4 Å². The highest BCUT2D eigenvalue weighted by Crippen LogP contribution is 2.24. The van der Waals surface area contributed by atoms with E-state index in [0.717, 1.165) is 27.8 Å². The Kier molecular flexibility index (Phi) is 6.46. The Morgan fingerprint density at radius 1 is 1.31 bits per heavy atom. The van der Waals surface area contributed by atoms with E-state index in [2.05, 4.69) is 22.9 Å². The standard InChI is InChI=1S/C23H26N4O2/c1-16(19-5-4-10-25-12-19)6-9-22(24)17(2)26-23(28)27-13-20-8-7-18(15-29-3)11-21(20)14-27/h4-12H,2,13-15,24H2,1,3H3,(H,26,28)/b16-6+,22-9+. The van der Waals surface area contributed by atoms with Gasteiger partial charge in [-0.25, -0.2) is 4.79 Å². The minimum Gasteiger partial charge on any atom is -0.397 e. The van der Waals surface area contributed by atoms with Crippen molar-refractivity contribution >= 4 is 11.6 Å². The highest BCUT2D eigenvalue weighted by atomic mass is 16.5. The Labute approximate surface area is 171 Å². The molecule has 1 aliphatic heterocycles. The predicted molar refractivity (Wildman–Crippen MR) is 114 cm³/mol. The first-order valence-corrected chi connectivity index (χ1v) is 9.37. The summed E-state index contributed by atoms with van der Waals surface area (Å²) >= 11 is 0. The quantitative estimate of drug-likeness (QED) is 0.737. The molecule has 0 saturated carbocycles. The van der Waals surface area contributed by atoms with E-state index in [0.29, 0.717) is 31.1 Å². The van der Waals surface area contributed by atoms with Gasteiger partial charge in [0, 0.05) is 32.6 Å². The van der Waals surface area contributed by atoms with Gasteiger partial charge in [0.15, 0.2) is 0 Å². The fourth-order valence-electron chi connectivity index (χ4n) is 3.14. The summed E-state index contributed by atoms with van der Waals surface area (Å²) < 4.78 is 5.18. The largest absolute Gasteiger partial charge is 0.397 e. The molecule has 2 amide bonds. The summed E-state index contributed by atoms with van der Waals surface area (Å²) in [5.41, 5.74) is 12.3. The number of nitrogens with one attached hydrogen (secondary N) is 1. The third-order valence-corrected chi connectivity index (χ3v) is 4.83. The van der Waals surface area contributed by atoms with Crippen LogP contribution in [-0.4, -0.2) is 23.0 Å². The number of nitrogens with zero attached hydrogens (tertiary/aromatic N) is 2. The zero-order valence-electron chi connectivity index (χ0n) is 16.8. The van der Waals surface area contributed by atoms with Crippen LogP contribution in [0.5, 0.6) is 0 Å². The Hall–Kier alpha value is -3.38. The minimum atomic E-state index is -0.219. The van der Waals surface area contributed by atoms with Crippen molar-refractivity contribution in [2.45, 2.75) is 26.6 Å². The SMILES string of the molecule is C=C(NC(=O)N1Cc2ccc(COC)cc2C1)/C(N)=C\C=C(/C)c1cccnc1. The summed E-state index contributed by atoms with van der Waals surface area (Å²) in [6.07, 6.45) is 7.14. The molecule has 2 heterocycles. The van der Waals surface area contributed by atoms with E-state index >= 15 is 0 Å². The second-order valence-electron chi connectivity index (χ2n) is 7.01. The molecule has 0 spiro atoms. The van der Waals surface area contributed by atoms with E-state index in [9.17, 15) is 4.79 Å². The van der Waals surface area contributed by atoms with Crippen LogP contribution in [0, 0.1) is 0 Å². The number of pyridine rings is 1. The molecule has 0 bridgehead atoms. The molecule has 6 heteroatoms. The smallest absolute Gasteiger partial charge is 0.322 e. The predicted octanol–water partition coefficient (Wildman–Crippen LogP) is 3.71. The first-order chi connectivity index (χ1) is 14.0. The number of aromatic nitrogens is 1. The summed E-state index contributed by atoms with van der Waals surface area (Å²) in [5.74, 6) is 0. The van der Waals surface area contributed by atoms with Gasteiger partial charge in [0.05, 0.1) is 18.0 Å². The number of amides is 2. The number of hydrogen-bond donors (Lipinski definition) is 2. The lowest BCUT2D eigenvalue weighted by Crippen LogP contribution is -2.36. The van der Waals surface area contributed by atoms with Crippen molar-refractivity contribution in [1.82, 2.24) is 15.2 Å². The maximum absolute atomic E-state index is 12.6. The molecule has 0 unspecified atom stereocenters. The summed E-state index contributed by atoms with van der Waals surface area (Å²) in [4.78, 5) is 18.5. The number of urea groups is 1. The normalized spacial score (nSPS) is 13.9. The van der Waals surface area contributed by atoms with Crippen LogP contribution in [0.2, 0.25) is 0 Å². The van der Waals surface area contributed by atoms with Crippen molar-refractivity contribution in [2.75, 3.05) is 7.11 Å². The van der Waals surface area contributed by atoms with Crippen LogP contribution < -0.4 is 11.1 Å². The average molecular weight is 390 g/mol. The molecule has 1 aliphatic rings. The number of rotatable bonds is 6. The number of hydrogen-bond acceptors (Lipinski definition) is 4. The summed E-state index contributed by atoms with van der Waals surface area (Å²) in [6.45, 7) is 7.54. The molecule has 1 aromatic heterocycles. The molecule has 2 aromatic rings. The Balaban J connectivity index is 1.59. The van der Waals surface area contributed by atoms with Crippen molar-refractivity contribution in [1.29, 1.82) is 0 Å². The van der Waals surface area contributed by atoms with E-state index in [1.54, 1.807) is 30.5 Å². The number of allylic oxidation sites excluding steroid dienone is 3. The van der Waals surface area contributed by atoms with E-state index in [1.165, 1.54) is 0 Å². The van der Waals surface area contributed by atoms with Crippen molar-refractivity contribution in [3.63, 3.8) is 0 Å². The number of carbonyl (C=O) groups excluding carboxylic acids is 1. The Bertz CT molecular complexity index is 964. The third-order valence-electron chi connectivity index (χ3n) is 4.83. The van der Waals surface area contributed by atoms with Gasteiger partial charge in [-0.2, -0.15) is 0 Å². The van der Waals surface area contributed by atoms with Gasteiger partial charge in [0.1, 0.15) is 0 Å². The zero-order chi connectivity index (χ0) is 20.8. The van der Waals surface area contributed by atoms with Crippen LogP contribution in [0.1, 0.15) is 29.2 Å². The van der Waals surface area contributed by atoms with E-state index in [4.69, 9.17) is 10.5 Å². The van der Waals surface area contributed by atoms with Gasteiger partial charge < -0.3 is 20.7 Å². The van der Waals surface area contributed by atoms with Crippen LogP contribution in [0.4, 0.5) is 4.79 Å². The molecular weight excluding hydrogens is 364 g/mol. The highest BCUT2D eigenvalue weighted by Gasteiger charge is 2.24. The number of methoxy groups -OCH3 is 1. The van der Waals surface area contributed by atoms with Crippen molar-refractivity contribution in [3.05, 3.63) is 95.1 Å². The summed E-state index contributed by atoms with van der Waals surface area (Å²) in [7, 11) is 1.67. The minimum absolute atomic E-state index is 0.219. The van der Waals surface area contributed by atoms with Crippen LogP contribution in [0.15, 0.2) is 72.9 Å². The van der Waals surface area contributed by atoms with Crippen molar-refractivity contribution in [3.8, 4) is 0 Å². The molecule has 0 fully saturated rings. The molecule has 0 radical (unpaired) electrons. The monoisotopic (exact) mass is 390 g/mol. The molecule has 0 saturated heterocycles. The highest BCUT2D eigenvalue weighted by molar-refractivity contribution is 5.77. The first-order valence-electron chi connectivity index (χ1n) is 9.37. The number of carbonyl (C=O) groups is 1. The van der Waals surface area contributed by atoms with Gasteiger partial charge in [-0.05, 0) is 46.9 Å². The third kappa shape index (κ3) is 5.12. The maximum Gasteiger partial charge on any atom is 0.322 e. The van der Waals surface area contributed by atoms with Gasteiger partial charge in [0.25, 0.3) is 0 Å². The first kappa shape index (κ1) is 20.4. The number of ether oxygens (including phenoxy) is 1. The van der Waals surface area contributed by atoms with E-state index in [-0.39, 0.29) is 6.03 Å². The van der Waals surface area contributed by atoms with Gasteiger partial charge in [0.2, 0.25) is 0 Å². The van der Waals surface area contributed by atoms with Gasteiger partial charge in [-0.15, -0.1) is 0 Å². The summed E-state index contributed by atoms with van der Waals surface area (Å²) in [5, 5.41) is 2.79. The lowest BCUT2D eigenvalue weighted by atomic mass is 10.1. The van der Waals surface area contributed by atoms with Crippen LogP contribution >= 0.6 is 0 Å². The van der Waals surface area contributed by atoms with Gasteiger partial charge >= 0.3 is 6.03 Å². The fraction of sp³-hybridized carbons (Fsp3) is 0.217. The van der Waals surface area contributed by atoms with Gasteiger partial charge in [-0.1, -0.05) is 36.9 Å². The molecule has 150 valence electrons. The lowest BCUT2D eigenvalue weighted by Gasteiger charge is -2.17. The molecule has 1 aromatic carbocycles. The van der Waals surface area contributed by atoms with Crippen LogP contribution in [0.25, 0.3) is 5.57 Å². The molecular formula is C23H26N4O2. The summed E-state index contributed by atoms with van der Waals surface area (Å²) in [6, 6.07) is 9.80. The average Bonchev–Trinajstić information content (AvgIpc) is 3.16. The second-order valence-corrected chi connectivity index (χ2v) is 7.01. The molecule has 6 nitrogen and oxygen atoms in total. The number of benzene rings is 1. The molecule has 29 heavy (non-hydrogen) atoms. The molecule has 3 N–H and O–H groups in total. The lowest BCUT2D eigenvalue weighted by molar-refractivity contribution is 0.185. The zero-order valence-corrected chi connectivity index (χ0v) is 16.8. The second kappa shape index (κ2) is 9.21. The Morgan fingerprint density at radius 3 is 2.83 bits per heavy atom.